The number of piperidine rings is 1. The van der Waals surface area contributed by atoms with Crippen molar-refractivity contribution in [2.24, 2.45) is 0 Å². The zero-order chi connectivity index (χ0) is 16.5. The minimum atomic E-state index is 0.691. The molecule has 0 bridgehead atoms. The fourth-order valence-corrected chi connectivity index (χ4v) is 4.22. The number of hydrogen-bond donors (Lipinski definition) is 1. The van der Waals surface area contributed by atoms with E-state index in [0.717, 1.165) is 19.6 Å². The molecule has 0 spiro atoms. The number of fused-ring (bicyclic) bond motifs is 1. The van der Waals surface area contributed by atoms with Gasteiger partial charge in [0, 0.05) is 23.6 Å². The molecule has 1 aromatic heterocycles. The van der Waals surface area contributed by atoms with Gasteiger partial charge < -0.3 is 9.88 Å². The summed E-state index contributed by atoms with van der Waals surface area (Å²) in [6.45, 7) is 7.60. The van der Waals surface area contributed by atoms with Crippen LogP contribution < -0.4 is 5.32 Å². The Bertz CT molecular complexity index is 833. The molecule has 1 N–H and O–H groups in total. The van der Waals surface area contributed by atoms with Gasteiger partial charge in [-0.05, 0) is 62.9 Å². The molecule has 24 heavy (non-hydrogen) atoms. The highest BCUT2D eigenvalue weighted by molar-refractivity contribution is 5.84. The van der Waals surface area contributed by atoms with Gasteiger partial charge in [-0.15, -0.1) is 0 Å². The smallest absolute Gasteiger partial charge is 0.0486 e. The van der Waals surface area contributed by atoms with Gasteiger partial charge in [0.25, 0.3) is 0 Å². The van der Waals surface area contributed by atoms with Gasteiger partial charge in [0.05, 0.1) is 0 Å². The normalized spacial score (nSPS) is 15.9. The summed E-state index contributed by atoms with van der Waals surface area (Å²) in [5.41, 5.74) is 6.99. The Morgan fingerprint density at radius 2 is 1.71 bits per heavy atom. The van der Waals surface area contributed by atoms with E-state index in [4.69, 9.17) is 0 Å². The molecule has 1 fully saturated rings. The molecular weight excluding hydrogens is 292 g/mol. The topological polar surface area (TPSA) is 17.0 Å². The third-order valence-electron chi connectivity index (χ3n) is 5.23. The molecule has 1 aliphatic rings. The third-order valence-corrected chi connectivity index (χ3v) is 5.23. The van der Waals surface area contributed by atoms with Crippen LogP contribution in [0.25, 0.3) is 10.9 Å². The molecule has 2 heterocycles. The molecule has 2 heteroatoms. The number of aryl methyl sites for hydroxylation is 2. The predicted molar refractivity (Wildman–Crippen MR) is 102 cm³/mol. The number of nitrogens with zero attached hydrogens (tertiary/aromatic N) is 1. The molecule has 0 atom stereocenters. The maximum atomic E-state index is 3.48. The lowest BCUT2D eigenvalue weighted by Gasteiger charge is -2.22. The SMILES string of the molecule is Cc1cc(C)cc(Cn2cc(C3CCNCC3)c3ccccc32)c1. The van der Waals surface area contributed by atoms with E-state index in [1.807, 2.05) is 0 Å². The van der Waals surface area contributed by atoms with Gasteiger partial charge in [0.1, 0.15) is 0 Å². The Morgan fingerprint density at radius 3 is 2.46 bits per heavy atom. The highest BCUT2D eigenvalue weighted by Gasteiger charge is 2.20. The van der Waals surface area contributed by atoms with Crippen molar-refractivity contribution in [3.05, 3.63) is 70.9 Å². The van der Waals surface area contributed by atoms with E-state index in [-0.39, 0.29) is 0 Å². The summed E-state index contributed by atoms with van der Waals surface area (Å²) >= 11 is 0. The Kier molecular flexibility index (Phi) is 4.15. The fourth-order valence-electron chi connectivity index (χ4n) is 4.22. The van der Waals surface area contributed by atoms with E-state index >= 15 is 0 Å². The first-order valence-corrected chi connectivity index (χ1v) is 9.06. The van der Waals surface area contributed by atoms with Gasteiger partial charge in [-0.2, -0.15) is 0 Å². The van der Waals surface area contributed by atoms with Crippen LogP contribution in [0.1, 0.15) is 41.0 Å². The van der Waals surface area contributed by atoms with E-state index in [1.165, 1.54) is 46.0 Å². The first-order chi connectivity index (χ1) is 11.7. The Morgan fingerprint density at radius 1 is 1.00 bits per heavy atom. The third kappa shape index (κ3) is 2.99. The minimum Gasteiger partial charge on any atom is -0.343 e. The average Bonchev–Trinajstić information content (AvgIpc) is 2.94. The maximum Gasteiger partial charge on any atom is 0.0486 e. The van der Waals surface area contributed by atoms with Gasteiger partial charge >= 0.3 is 0 Å². The van der Waals surface area contributed by atoms with Gasteiger partial charge in [-0.3, -0.25) is 0 Å². The lowest BCUT2D eigenvalue weighted by Crippen LogP contribution is -2.26. The summed E-state index contributed by atoms with van der Waals surface area (Å²) in [5.74, 6) is 0.691. The highest BCUT2D eigenvalue weighted by Crippen LogP contribution is 2.33. The number of nitrogens with one attached hydrogen (secondary N) is 1. The number of rotatable bonds is 3. The molecule has 1 saturated heterocycles. The summed E-state index contributed by atoms with van der Waals surface area (Å²) in [5, 5.41) is 4.92. The molecule has 1 aliphatic heterocycles. The number of benzene rings is 2. The second kappa shape index (κ2) is 6.45. The first kappa shape index (κ1) is 15.5. The summed E-state index contributed by atoms with van der Waals surface area (Å²) in [6.07, 6.45) is 4.91. The standard InChI is InChI=1S/C22H26N2/c1-16-11-17(2)13-18(12-16)14-24-15-21(19-7-9-23-10-8-19)20-5-3-4-6-22(20)24/h3-6,11-13,15,19,23H,7-10,14H2,1-2H3. The van der Waals surface area contributed by atoms with Gasteiger partial charge in [-0.1, -0.05) is 47.5 Å². The predicted octanol–water partition coefficient (Wildman–Crippen LogP) is 4.77. The summed E-state index contributed by atoms with van der Waals surface area (Å²) < 4.78 is 2.45. The molecule has 4 rings (SSSR count). The van der Waals surface area contributed by atoms with Crippen LogP contribution in [0.2, 0.25) is 0 Å². The second-order valence-electron chi connectivity index (χ2n) is 7.25. The van der Waals surface area contributed by atoms with Crippen LogP contribution in [0.3, 0.4) is 0 Å². The monoisotopic (exact) mass is 318 g/mol. The van der Waals surface area contributed by atoms with E-state index in [0.29, 0.717) is 5.92 Å². The van der Waals surface area contributed by atoms with E-state index in [1.54, 1.807) is 0 Å². The van der Waals surface area contributed by atoms with Crippen LogP contribution in [-0.4, -0.2) is 17.7 Å². The maximum absolute atomic E-state index is 3.48. The van der Waals surface area contributed by atoms with Crippen LogP contribution in [-0.2, 0) is 6.54 Å². The van der Waals surface area contributed by atoms with Crippen molar-refractivity contribution >= 4 is 10.9 Å². The van der Waals surface area contributed by atoms with Gasteiger partial charge in [0.2, 0.25) is 0 Å². The van der Waals surface area contributed by atoms with Crippen LogP contribution in [0.4, 0.5) is 0 Å². The molecule has 3 aromatic rings. The van der Waals surface area contributed by atoms with Crippen LogP contribution in [0.15, 0.2) is 48.7 Å². The van der Waals surface area contributed by atoms with Gasteiger partial charge in [-0.25, -0.2) is 0 Å². The van der Waals surface area contributed by atoms with Crippen molar-refractivity contribution in [2.45, 2.75) is 39.2 Å². The molecule has 0 aliphatic carbocycles. The Hall–Kier alpha value is -2.06. The number of para-hydroxylation sites is 1. The first-order valence-electron chi connectivity index (χ1n) is 9.06. The summed E-state index contributed by atoms with van der Waals surface area (Å²) in [4.78, 5) is 0. The average molecular weight is 318 g/mol. The van der Waals surface area contributed by atoms with Crippen LogP contribution >= 0.6 is 0 Å². The van der Waals surface area contributed by atoms with E-state index in [9.17, 15) is 0 Å². The molecule has 124 valence electrons. The zero-order valence-corrected chi connectivity index (χ0v) is 14.7. The lowest BCUT2D eigenvalue weighted by atomic mass is 9.90. The molecular formula is C22H26N2. The fraction of sp³-hybridized carbons (Fsp3) is 0.364. The molecule has 0 radical (unpaired) electrons. The van der Waals surface area contributed by atoms with Crippen LogP contribution in [0, 0.1) is 13.8 Å². The summed E-state index contributed by atoms with van der Waals surface area (Å²) in [6, 6.07) is 15.8. The number of aromatic nitrogens is 1. The molecule has 0 saturated carbocycles. The van der Waals surface area contributed by atoms with E-state index in [2.05, 4.69) is 72.4 Å². The van der Waals surface area contributed by atoms with Crippen molar-refractivity contribution in [1.29, 1.82) is 0 Å². The summed E-state index contributed by atoms with van der Waals surface area (Å²) in [7, 11) is 0. The highest BCUT2D eigenvalue weighted by atomic mass is 15.0. The Balaban J connectivity index is 1.75. The number of hydrogen-bond acceptors (Lipinski definition) is 1. The second-order valence-corrected chi connectivity index (χ2v) is 7.25. The minimum absolute atomic E-state index is 0.691. The lowest BCUT2D eigenvalue weighted by molar-refractivity contribution is 0.461. The zero-order valence-electron chi connectivity index (χ0n) is 14.7. The van der Waals surface area contributed by atoms with Crippen molar-refractivity contribution in [1.82, 2.24) is 9.88 Å². The largest absolute Gasteiger partial charge is 0.343 e. The van der Waals surface area contributed by atoms with Crippen LogP contribution in [0.5, 0.6) is 0 Å². The molecule has 2 aromatic carbocycles. The molecule has 0 unspecified atom stereocenters. The van der Waals surface area contributed by atoms with Crippen molar-refractivity contribution in [2.75, 3.05) is 13.1 Å². The van der Waals surface area contributed by atoms with Crippen molar-refractivity contribution in [3.8, 4) is 0 Å². The van der Waals surface area contributed by atoms with E-state index < -0.39 is 0 Å². The Labute approximate surface area is 144 Å². The molecule has 0 amide bonds. The van der Waals surface area contributed by atoms with Gasteiger partial charge in [0.15, 0.2) is 0 Å². The molecule has 2 nitrogen and oxygen atoms in total. The van der Waals surface area contributed by atoms with Crippen molar-refractivity contribution in [3.63, 3.8) is 0 Å². The van der Waals surface area contributed by atoms with Crippen molar-refractivity contribution < 1.29 is 0 Å². The quantitative estimate of drug-likeness (QED) is 0.736.